The molecule has 1 aliphatic rings. The van der Waals surface area contributed by atoms with Crippen LogP contribution in [0.1, 0.15) is 32.1 Å². The minimum atomic E-state index is -0.346. The number of aromatic nitrogens is 1. The maximum Gasteiger partial charge on any atom is 0.139 e. The topological polar surface area (TPSA) is 42.4 Å². The van der Waals surface area contributed by atoms with Gasteiger partial charge in [0.2, 0.25) is 0 Å². The van der Waals surface area contributed by atoms with Crippen molar-refractivity contribution in [2.45, 2.75) is 44.3 Å². The lowest BCUT2D eigenvalue weighted by atomic mass is 10.1. The van der Waals surface area contributed by atoms with Crippen LogP contribution >= 0.6 is 15.9 Å². The zero-order chi connectivity index (χ0) is 11.4. The van der Waals surface area contributed by atoms with Gasteiger partial charge in [0.25, 0.3) is 0 Å². The molecule has 3 nitrogen and oxygen atoms in total. The second-order valence-electron chi connectivity index (χ2n) is 4.20. The number of ether oxygens (including phenoxy) is 1. The molecule has 0 bridgehead atoms. The van der Waals surface area contributed by atoms with Crippen molar-refractivity contribution in [2.75, 3.05) is 0 Å². The van der Waals surface area contributed by atoms with Gasteiger partial charge in [-0.05, 0) is 41.3 Å². The van der Waals surface area contributed by atoms with Crippen LogP contribution in [-0.2, 0) is 0 Å². The zero-order valence-corrected chi connectivity index (χ0v) is 10.7. The summed E-state index contributed by atoms with van der Waals surface area (Å²) in [6, 6.07) is 1.88. The van der Waals surface area contributed by atoms with Crippen LogP contribution in [0.15, 0.2) is 22.9 Å². The van der Waals surface area contributed by atoms with Crippen molar-refractivity contribution in [3.8, 4) is 5.75 Å². The first-order valence-electron chi connectivity index (χ1n) is 5.71. The fourth-order valence-electron chi connectivity index (χ4n) is 2.02. The number of rotatable bonds is 2. The predicted molar refractivity (Wildman–Crippen MR) is 65.4 cm³/mol. The standard InChI is InChI=1S/C12H16BrNO2/c13-9-6-10(8-14-7-9)16-12-5-3-1-2-4-11(12)15/h6-8,11-12,15H,1-5H2. The third kappa shape index (κ3) is 3.19. The Morgan fingerprint density at radius 3 is 2.88 bits per heavy atom. The first kappa shape index (κ1) is 11.9. The first-order chi connectivity index (χ1) is 7.75. The summed E-state index contributed by atoms with van der Waals surface area (Å²) in [5.41, 5.74) is 0. The summed E-state index contributed by atoms with van der Waals surface area (Å²) in [7, 11) is 0. The van der Waals surface area contributed by atoms with Crippen molar-refractivity contribution in [3.05, 3.63) is 22.9 Å². The second-order valence-corrected chi connectivity index (χ2v) is 5.12. The summed E-state index contributed by atoms with van der Waals surface area (Å²) in [4.78, 5) is 4.04. The summed E-state index contributed by atoms with van der Waals surface area (Å²) in [6.07, 6.45) is 8.15. The van der Waals surface area contributed by atoms with Crippen LogP contribution in [0.2, 0.25) is 0 Å². The molecular weight excluding hydrogens is 270 g/mol. The van der Waals surface area contributed by atoms with E-state index < -0.39 is 0 Å². The number of aliphatic hydroxyl groups is 1. The average Bonchev–Trinajstić information content (AvgIpc) is 2.45. The predicted octanol–water partition coefficient (Wildman–Crippen LogP) is 2.92. The fourth-order valence-corrected chi connectivity index (χ4v) is 2.37. The van der Waals surface area contributed by atoms with Crippen molar-refractivity contribution in [2.24, 2.45) is 0 Å². The van der Waals surface area contributed by atoms with E-state index in [1.165, 1.54) is 6.42 Å². The van der Waals surface area contributed by atoms with Crippen LogP contribution in [0, 0.1) is 0 Å². The average molecular weight is 286 g/mol. The highest BCUT2D eigenvalue weighted by Crippen LogP contribution is 2.24. The van der Waals surface area contributed by atoms with Gasteiger partial charge in [0, 0.05) is 10.7 Å². The van der Waals surface area contributed by atoms with Crippen LogP contribution in [-0.4, -0.2) is 22.3 Å². The number of nitrogens with zero attached hydrogens (tertiary/aromatic N) is 1. The van der Waals surface area contributed by atoms with Gasteiger partial charge in [-0.2, -0.15) is 0 Å². The minimum Gasteiger partial charge on any atom is -0.486 e. The SMILES string of the molecule is OC1CCCCCC1Oc1cncc(Br)c1. The smallest absolute Gasteiger partial charge is 0.139 e. The molecule has 0 aromatic carbocycles. The molecule has 1 aromatic heterocycles. The fraction of sp³-hybridized carbons (Fsp3) is 0.583. The Bertz CT molecular complexity index is 346. The molecule has 2 unspecified atom stereocenters. The Hall–Kier alpha value is -0.610. The molecule has 1 aromatic rings. The van der Waals surface area contributed by atoms with Crippen LogP contribution < -0.4 is 4.74 Å². The Kier molecular flexibility index (Phi) is 4.18. The number of hydrogen-bond acceptors (Lipinski definition) is 3. The molecule has 2 atom stereocenters. The van der Waals surface area contributed by atoms with E-state index in [0.717, 1.165) is 35.9 Å². The lowest BCUT2D eigenvalue weighted by Crippen LogP contribution is -2.30. The Morgan fingerprint density at radius 2 is 2.06 bits per heavy atom. The molecule has 0 radical (unpaired) electrons. The van der Waals surface area contributed by atoms with Gasteiger partial charge < -0.3 is 9.84 Å². The van der Waals surface area contributed by atoms with E-state index in [1.54, 1.807) is 12.4 Å². The Balaban J connectivity index is 2.02. The van der Waals surface area contributed by atoms with Gasteiger partial charge in [-0.25, -0.2) is 0 Å². The molecule has 4 heteroatoms. The Morgan fingerprint density at radius 1 is 1.25 bits per heavy atom. The number of aliphatic hydroxyl groups excluding tert-OH is 1. The molecule has 1 aliphatic carbocycles. The first-order valence-corrected chi connectivity index (χ1v) is 6.50. The van der Waals surface area contributed by atoms with Crippen molar-refractivity contribution < 1.29 is 9.84 Å². The highest BCUT2D eigenvalue weighted by Gasteiger charge is 2.23. The Labute approximate surface area is 104 Å². The van der Waals surface area contributed by atoms with Gasteiger partial charge in [0.15, 0.2) is 0 Å². The normalized spacial score (nSPS) is 26.1. The monoisotopic (exact) mass is 285 g/mol. The maximum absolute atomic E-state index is 9.92. The molecule has 0 aliphatic heterocycles. The van der Waals surface area contributed by atoms with Gasteiger partial charge in [-0.15, -0.1) is 0 Å². The highest BCUT2D eigenvalue weighted by molar-refractivity contribution is 9.10. The molecule has 88 valence electrons. The van der Waals surface area contributed by atoms with E-state index in [9.17, 15) is 5.11 Å². The lowest BCUT2D eigenvalue weighted by Gasteiger charge is -2.21. The van der Waals surface area contributed by atoms with Crippen LogP contribution in [0.3, 0.4) is 0 Å². The number of pyridine rings is 1. The molecule has 1 saturated carbocycles. The minimum absolute atomic E-state index is 0.0846. The lowest BCUT2D eigenvalue weighted by molar-refractivity contribution is 0.0317. The van der Waals surface area contributed by atoms with Crippen molar-refractivity contribution in [1.82, 2.24) is 4.98 Å². The maximum atomic E-state index is 9.92. The van der Waals surface area contributed by atoms with Crippen LogP contribution in [0.5, 0.6) is 5.75 Å². The molecule has 1 N–H and O–H groups in total. The third-order valence-corrected chi connectivity index (χ3v) is 3.32. The van der Waals surface area contributed by atoms with Crippen molar-refractivity contribution >= 4 is 15.9 Å². The molecule has 0 saturated heterocycles. The summed E-state index contributed by atoms with van der Waals surface area (Å²) in [5, 5.41) is 9.92. The van der Waals surface area contributed by atoms with Gasteiger partial charge in [0.05, 0.1) is 12.3 Å². The molecule has 0 amide bonds. The van der Waals surface area contributed by atoms with Crippen molar-refractivity contribution in [1.29, 1.82) is 0 Å². The van der Waals surface area contributed by atoms with E-state index >= 15 is 0 Å². The molecule has 0 spiro atoms. The van der Waals surface area contributed by atoms with Gasteiger partial charge >= 0.3 is 0 Å². The number of halogens is 1. The summed E-state index contributed by atoms with van der Waals surface area (Å²) in [6.45, 7) is 0. The van der Waals surface area contributed by atoms with E-state index in [4.69, 9.17) is 4.74 Å². The zero-order valence-electron chi connectivity index (χ0n) is 9.10. The van der Waals surface area contributed by atoms with Crippen LogP contribution in [0.25, 0.3) is 0 Å². The van der Waals surface area contributed by atoms with E-state index in [2.05, 4.69) is 20.9 Å². The quantitative estimate of drug-likeness (QED) is 0.850. The summed E-state index contributed by atoms with van der Waals surface area (Å²) < 4.78 is 6.68. The van der Waals surface area contributed by atoms with Crippen molar-refractivity contribution in [3.63, 3.8) is 0 Å². The van der Waals surface area contributed by atoms with Gasteiger partial charge in [-0.1, -0.05) is 12.8 Å². The molecule has 1 heterocycles. The highest BCUT2D eigenvalue weighted by atomic mass is 79.9. The van der Waals surface area contributed by atoms with E-state index in [1.807, 2.05) is 6.07 Å². The number of hydrogen-bond donors (Lipinski definition) is 1. The third-order valence-electron chi connectivity index (χ3n) is 2.88. The van der Waals surface area contributed by atoms with Gasteiger partial charge in [-0.3, -0.25) is 4.98 Å². The van der Waals surface area contributed by atoms with E-state index in [0.29, 0.717) is 0 Å². The molecule has 16 heavy (non-hydrogen) atoms. The van der Waals surface area contributed by atoms with E-state index in [-0.39, 0.29) is 12.2 Å². The van der Waals surface area contributed by atoms with Gasteiger partial charge in [0.1, 0.15) is 11.9 Å². The second kappa shape index (κ2) is 5.64. The summed E-state index contributed by atoms with van der Waals surface area (Å²) in [5.74, 6) is 0.723. The van der Waals surface area contributed by atoms with Crippen LogP contribution in [0.4, 0.5) is 0 Å². The molecular formula is C12H16BrNO2. The molecule has 1 fully saturated rings. The largest absolute Gasteiger partial charge is 0.486 e. The summed E-state index contributed by atoms with van der Waals surface area (Å²) >= 11 is 3.35. The molecule has 2 rings (SSSR count).